The number of nitrogen functional groups attached to an aromatic ring is 2. The van der Waals surface area contributed by atoms with Gasteiger partial charge in [-0.05, 0) is 35.9 Å². The summed E-state index contributed by atoms with van der Waals surface area (Å²) in [6.45, 7) is 1.86. The number of anilines is 2. The fourth-order valence-corrected chi connectivity index (χ4v) is 2.82. The zero-order valence-electron chi connectivity index (χ0n) is 14.4. The van der Waals surface area contributed by atoms with Crippen molar-refractivity contribution in [2.75, 3.05) is 11.5 Å². The highest BCUT2D eigenvalue weighted by molar-refractivity contribution is 5.74. The van der Waals surface area contributed by atoms with E-state index in [2.05, 4.69) is 14.9 Å². The van der Waals surface area contributed by atoms with Crippen LogP contribution in [0.5, 0.6) is 0 Å². The number of nitrogens with zero attached hydrogens (tertiary/aromatic N) is 3. The molecular weight excluding hydrogens is 326 g/mol. The number of hydrogen-bond donors (Lipinski definition) is 2. The number of nitrogens with two attached hydrogens (primary N) is 2. The second-order valence-corrected chi connectivity index (χ2v) is 6.12. The molecule has 4 N–H and O–H groups in total. The Bertz CT molecular complexity index is 849. The first kappa shape index (κ1) is 17.6. The Morgan fingerprint density at radius 1 is 0.808 bits per heavy atom. The first-order chi connectivity index (χ1) is 12.6. The molecule has 0 radical (unpaired) electrons. The van der Waals surface area contributed by atoms with Gasteiger partial charge in [0.15, 0.2) is 0 Å². The summed E-state index contributed by atoms with van der Waals surface area (Å²) in [7, 11) is 0. The maximum atomic E-state index is 11.0. The van der Waals surface area contributed by atoms with Crippen LogP contribution in [-0.4, -0.2) is 21.2 Å². The van der Waals surface area contributed by atoms with Crippen molar-refractivity contribution < 1.29 is 4.79 Å². The molecule has 26 heavy (non-hydrogen) atoms. The number of aromatic nitrogens is 2. The van der Waals surface area contributed by atoms with Crippen LogP contribution in [0.4, 0.5) is 11.6 Å². The van der Waals surface area contributed by atoms with Gasteiger partial charge in [0, 0.05) is 25.2 Å². The van der Waals surface area contributed by atoms with Crippen LogP contribution in [0.1, 0.15) is 27.3 Å². The molecule has 6 nitrogen and oxygen atoms in total. The first-order valence-electron chi connectivity index (χ1n) is 8.31. The Hall–Kier alpha value is -3.25. The summed E-state index contributed by atoms with van der Waals surface area (Å²) < 4.78 is 0. The molecule has 0 spiro atoms. The number of carbonyl (C=O) groups is 1. The molecule has 0 atom stereocenters. The molecule has 0 aliphatic carbocycles. The minimum atomic E-state index is 0.493. The molecule has 3 rings (SSSR count). The van der Waals surface area contributed by atoms with Crippen LogP contribution >= 0.6 is 0 Å². The number of pyridine rings is 2. The molecule has 0 bridgehead atoms. The zero-order chi connectivity index (χ0) is 18.4. The van der Waals surface area contributed by atoms with Crippen molar-refractivity contribution in [1.29, 1.82) is 0 Å². The summed E-state index contributed by atoms with van der Waals surface area (Å²) in [5, 5.41) is 0. The Kier molecular flexibility index (Phi) is 5.56. The fraction of sp³-hybridized carbons (Fsp3) is 0.150. The Morgan fingerprint density at radius 3 is 1.92 bits per heavy atom. The standard InChI is InChI=1S/C20H21N5O/c21-19-8-2-6-17(23-19)12-25(13-18-7-3-9-20(22)24-18)11-15-4-1-5-16(10-15)14-26/h1-10,14H,11-13H2,(H2,21,23)(H2,22,24). The van der Waals surface area contributed by atoms with Crippen molar-refractivity contribution in [3.8, 4) is 0 Å². The minimum absolute atomic E-state index is 0.493. The van der Waals surface area contributed by atoms with E-state index in [-0.39, 0.29) is 0 Å². The summed E-state index contributed by atoms with van der Waals surface area (Å²) in [6.07, 6.45) is 0.854. The van der Waals surface area contributed by atoms with E-state index in [1.807, 2.05) is 42.5 Å². The van der Waals surface area contributed by atoms with Gasteiger partial charge in [0.2, 0.25) is 0 Å². The van der Waals surface area contributed by atoms with E-state index in [4.69, 9.17) is 11.5 Å². The van der Waals surface area contributed by atoms with Crippen LogP contribution in [0.25, 0.3) is 0 Å². The smallest absolute Gasteiger partial charge is 0.150 e. The van der Waals surface area contributed by atoms with Crippen LogP contribution < -0.4 is 11.5 Å². The lowest BCUT2D eigenvalue weighted by Crippen LogP contribution is -2.24. The van der Waals surface area contributed by atoms with Crippen LogP contribution in [-0.2, 0) is 19.6 Å². The van der Waals surface area contributed by atoms with Crippen molar-refractivity contribution in [3.05, 3.63) is 83.2 Å². The number of benzene rings is 1. The third kappa shape index (κ3) is 4.87. The molecule has 1 aromatic carbocycles. The largest absolute Gasteiger partial charge is 0.384 e. The second kappa shape index (κ2) is 8.22. The summed E-state index contributed by atoms with van der Waals surface area (Å²) in [6, 6.07) is 18.8. The van der Waals surface area contributed by atoms with Gasteiger partial charge in [-0.25, -0.2) is 9.97 Å². The number of rotatable bonds is 7. The van der Waals surface area contributed by atoms with E-state index in [0.29, 0.717) is 36.8 Å². The van der Waals surface area contributed by atoms with Gasteiger partial charge in [0.05, 0.1) is 11.4 Å². The molecular formula is C20H21N5O. The average molecular weight is 347 g/mol. The van der Waals surface area contributed by atoms with E-state index in [9.17, 15) is 4.79 Å². The van der Waals surface area contributed by atoms with Gasteiger partial charge in [0.25, 0.3) is 0 Å². The van der Waals surface area contributed by atoms with Crippen molar-refractivity contribution >= 4 is 17.9 Å². The van der Waals surface area contributed by atoms with Gasteiger partial charge in [0.1, 0.15) is 17.9 Å². The predicted octanol–water partition coefficient (Wildman–Crippen LogP) is 2.66. The van der Waals surface area contributed by atoms with Crippen LogP contribution in [0, 0.1) is 0 Å². The van der Waals surface area contributed by atoms with Crippen LogP contribution in [0.2, 0.25) is 0 Å². The highest BCUT2D eigenvalue weighted by Crippen LogP contribution is 2.14. The molecule has 6 heteroatoms. The van der Waals surface area contributed by atoms with Crippen molar-refractivity contribution in [2.24, 2.45) is 0 Å². The van der Waals surface area contributed by atoms with Crippen molar-refractivity contribution in [2.45, 2.75) is 19.6 Å². The lowest BCUT2D eigenvalue weighted by molar-refractivity contribution is 0.112. The molecule has 0 saturated carbocycles. The third-order valence-corrected chi connectivity index (χ3v) is 3.92. The molecule has 0 aliphatic heterocycles. The van der Waals surface area contributed by atoms with E-state index >= 15 is 0 Å². The monoisotopic (exact) mass is 347 g/mol. The quantitative estimate of drug-likeness (QED) is 0.638. The van der Waals surface area contributed by atoms with E-state index in [1.165, 1.54) is 0 Å². The number of hydrogen-bond acceptors (Lipinski definition) is 6. The summed E-state index contributed by atoms with van der Waals surface area (Å²) in [5.41, 5.74) is 15.1. The molecule has 2 aromatic heterocycles. The molecule has 132 valence electrons. The average Bonchev–Trinajstić information content (AvgIpc) is 2.62. The Balaban J connectivity index is 1.83. The Morgan fingerprint density at radius 2 is 1.38 bits per heavy atom. The number of aldehydes is 1. The van der Waals surface area contributed by atoms with Gasteiger partial charge in [-0.1, -0.05) is 30.3 Å². The van der Waals surface area contributed by atoms with Crippen LogP contribution in [0.3, 0.4) is 0 Å². The van der Waals surface area contributed by atoms with Crippen molar-refractivity contribution in [3.63, 3.8) is 0 Å². The number of carbonyl (C=O) groups excluding carboxylic acids is 1. The van der Waals surface area contributed by atoms with Gasteiger partial charge >= 0.3 is 0 Å². The van der Waals surface area contributed by atoms with E-state index in [1.54, 1.807) is 18.2 Å². The second-order valence-electron chi connectivity index (χ2n) is 6.12. The van der Waals surface area contributed by atoms with Gasteiger partial charge in [-0.15, -0.1) is 0 Å². The van der Waals surface area contributed by atoms with Crippen molar-refractivity contribution in [1.82, 2.24) is 14.9 Å². The summed E-state index contributed by atoms with van der Waals surface area (Å²) >= 11 is 0. The topological polar surface area (TPSA) is 98.1 Å². The SMILES string of the molecule is Nc1cccc(CN(Cc2cccc(C=O)c2)Cc2cccc(N)n2)n1. The highest BCUT2D eigenvalue weighted by atomic mass is 16.1. The molecule has 0 fully saturated rings. The van der Waals surface area contributed by atoms with Crippen LogP contribution in [0.15, 0.2) is 60.7 Å². The van der Waals surface area contributed by atoms with Gasteiger partial charge < -0.3 is 11.5 Å². The first-order valence-corrected chi connectivity index (χ1v) is 8.31. The zero-order valence-corrected chi connectivity index (χ0v) is 14.4. The Labute approximate surface area is 152 Å². The highest BCUT2D eigenvalue weighted by Gasteiger charge is 2.11. The van der Waals surface area contributed by atoms with E-state index < -0.39 is 0 Å². The normalized spacial score (nSPS) is 10.8. The minimum Gasteiger partial charge on any atom is -0.384 e. The van der Waals surface area contributed by atoms with E-state index in [0.717, 1.165) is 23.2 Å². The van der Waals surface area contributed by atoms with Gasteiger partial charge in [-0.3, -0.25) is 9.69 Å². The third-order valence-electron chi connectivity index (χ3n) is 3.92. The molecule has 0 saturated heterocycles. The molecule has 0 unspecified atom stereocenters. The maximum Gasteiger partial charge on any atom is 0.150 e. The lowest BCUT2D eigenvalue weighted by Gasteiger charge is -2.22. The molecule has 2 heterocycles. The fourth-order valence-electron chi connectivity index (χ4n) is 2.82. The summed E-state index contributed by atoms with van der Waals surface area (Å²) in [4.78, 5) is 22.0. The predicted molar refractivity (Wildman–Crippen MR) is 102 cm³/mol. The summed E-state index contributed by atoms with van der Waals surface area (Å²) in [5.74, 6) is 0.986. The molecule has 0 aliphatic rings. The maximum absolute atomic E-state index is 11.0. The molecule has 3 aromatic rings. The molecule has 0 amide bonds. The van der Waals surface area contributed by atoms with Gasteiger partial charge in [-0.2, -0.15) is 0 Å². The lowest BCUT2D eigenvalue weighted by atomic mass is 10.1.